The van der Waals surface area contributed by atoms with Crippen molar-refractivity contribution in [2.75, 3.05) is 24.5 Å². The molecule has 1 atom stereocenters. The summed E-state index contributed by atoms with van der Waals surface area (Å²) in [6, 6.07) is 3.99. The molecule has 0 bridgehead atoms. The monoisotopic (exact) mass is 247 g/mol. The Hall–Kier alpha value is -1.78. The smallest absolute Gasteiger partial charge is 0.407 e. The van der Waals surface area contributed by atoms with Crippen molar-refractivity contribution >= 4 is 11.8 Å². The van der Waals surface area contributed by atoms with E-state index < -0.39 is 6.09 Å². The molecule has 1 aromatic heterocycles. The molecule has 1 spiro atoms. The van der Waals surface area contributed by atoms with E-state index in [1.807, 2.05) is 12.3 Å². The maximum absolute atomic E-state index is 11.1. The van der Waals surface area contributed by atoms with Gasteiger partial charge in [-0.25, -0.2) is 4.79 Å². The molecule has 0 saturated carbocycles. The molecule has 5 nitrogen and oxygen atoms in total. The zero-order chi connectivity index (χ0) is 12.6. The van der Waals surface area contributed by atoms with E-state index >= 15 is 0 Å². The van der Waals surface area contributed by atoms with E-state index in [4.69, 9.17) is 5.11 Å². The molecule has 0 aromatic carbocycles. The summed E-state index contributed by atoms with van der Waals surface area (Å²) in [5.74, 6) is 0. The normalized spacial score (nSPS) is 27.1. The van der Waals surface area contributed by atoms with Gasteiger partial charge >= 0.3 is 6.09 Å². The van der Waals surface area contributed by atoms with Gasteiger partial charge in [-0.3, -0.25) is 4.98 Å². The molecule has 1 aromatic rings. The van der Waals surface area contributed by atoms with E-state index in [1.165, 1.54) is 4.90 Å². The van der Waals surface area contributed by atoms with Crippen molar-refractivity contribution in [3.63, 3.8) is 0 Å². The SMILES string of the molecule is O=C(O)N1CCC2(CCCN2c2cccnc2)C1. The van der Waals surface area contributed by atoms with Crippen molar-refractivity contribution in [3.8, 4) is 0 Å². The second-order valence-corrected chi connectivity index (χ2v) is 5.14. The summed E-state index contributed by atoms with van der Waals surface area (Å²) in [5, 5.41) is 9.11. The highest BCUT2D eigenvalue weighted by Crippen LogP contribution is 2.40. The summed E-state index contributed by atoms with van der Waals surface area (Å²) < 4.78 is 0. The third-order valence-corrected chi connectivity index (χ3v) is 4.16. The number of aromatic nitrogens is 1. The van der Waals surface area contributed by atoms with E-state index in [9.17, 15) is 4.79 Å². The zero-order valence-electron chi connectivity index (χ0n) is 10.2. The first-order chi connectivity index (χ1) is 8.71. The molecule has 0 aliphatic carbocycles. The fourth-order valence-electron chi connectivity index (χ4n) is 3.30. The number of anilines is 1. The van der Waals surface area contributed by atoms with Gasteiger partial charge in [0.15, 0.2) is 0 Å². The van der Waals surface area contributed by atoms with Crippen LogP contribution in [0.1, 0.15) is 19.3 Å². The molecular weight excluding hydrogens is 230 g/mol. The molecule has 96 valence electrons. The Kier molecular flexibility index (Phi) is 2.61. The average molecular weight is 247 g/mol. The molecular formula is C13H17N3O2. The number of hydrogen-bond donors (Lipinski definition) is 1. The van der Waals surface area contributed by atoms with Crippen molar-refractivity contribution in [1.29, 1.82) is 0 Å². The molecule has 5 heteroatoms. The van der Waals surface area contributed by atoms with Gasteiger partial charge in [-0.2, -0.15) is 0 Å². The summed E-state index contributed by atoms with van der Waals surface area (Å²) in [6.45, 7) is 2.27. The molecule has 2 aliphatic rings. The Morgan fingerprint density at radius 3 is 2.94 bits per heavy atom. The maximum Gasteiger partial charge on any atom is 0.407 e. The Balaban J connectivity index is 1.86. The van der Waals surface area contributed by atoms with E-state index in [0.717, 1.165) is 31.5 Å². The lowest BCUT2D eigenvalue weighted by molar-refractivity contribution is 0.153. The summed E-state index contributed by atoms with van der Waals surface area (Å²) in [7, 11) is 0. The predicted molar refractivity (Wildman–Crippen MR) is 67.8 cm³/mol. The van der Waals surface area contributed by atoms with Crippen LogP contribution in [0.2, 0.25) is 0 Å². The predicted octanol–water partition coefficient (Wildman–Crippen LogP) is 1.80. The highest BCUT2D eigenvalue weighted by atomic mass is 16.4. The van der Waals surface area contributed by atoms with Crippen LogP contribution in [0.4, 0.5) is 10.5 Å². The number of rotatable bonds is 1. The molecule has 2 saturated heterocycles. The minimum Gasteiger partial charge on any atom is -0.465 e. The van der Waals surface area contributed by atoms with E-state index in [2.05, 4.69) is 16.0 Å². The lowest BCUT2D eigenvalue weighted by atomic mass is 9.95. The van der Waals surface area contributed by atoms with Crippen molar-refractivity contribution in [3.05, 3.63) is 24.5 Å². The van der Waals surface area contributed by atoms with Crippen LogP contribution in [-0.2, 0) is 0 Å². The first kappa shape index (κ1) is 11.3. The summed E-state index contributed by atoms with van der Waals surface area (Å²) in [6.07, 6.45) is 5.97. The molecule has 18 heavy (non-hydrogen) atoms. The van der Waals surface area contributed by atoms with Crippen LogP contribution in [0.25, 0.3) is 0 Å². The molecule has 2 fully saturated rings. The number of hydrogen-bond acceptors (Lipinski definition) is 3. The minimum atomic E-state index is -0.801. The third kappa shape index (κ3) is 1.70. The largest absolute Gasteiger partial charge is 0.465 e. The third-order valence-electron chi connectivity index (χ3n) is 4.16. The van der Waals surface area contributed by atoms with E-state index in [0.29, 0.717) is 13.1 Å². The van der Waals surface area contributed by atoms with E-state index in [1.54, 1.807) is 6.20 Å². The fraction of sp³-hybridized carbons (Fsp3) is 0.538. The highest BCUT2D eigenvalue weighted by molar-refractivity contribution is 5.66. The van der Waals surface area contributed by atoms with Crippen molar-refractivity contribution in [2.24, 2.45) is 0 Å². The lowest BCUT2D eigenvalue weighted by Gasteiger charge is -2.36. The van der Waals surface area contributed by atoms with Crippen LogP contribution in [0.3, 0.4) is 0 Å². The molecule has 3 heterocycles. The number of likely N-dealkylation sites (tertiary alicyclic amines) is 1. The Bertz CT molecular complexity index is 451. The minimum absolute atomic E-state index is 0.00141. The summed E-state index contributed by atoms with van der Waals surface area (Å²) in [5.41, 5.74) is 1.11. The molecule has 1 unspecified atom stereocenters. The van der Waals surface area contributed by atoms with Gasteiger partial charge in [-0.1, -0.05) is 0 Å². The average Bonchev–Trinajstić information content (AvgIpc) is 2.99. The fourth-order valence-corrected chi connectivity index (χ4v) is 3.30. The Labute approximate surface area is 106 Å². The standard InChI is InChI=1S/C13H17N3O2/c17-12(18)15-8-5-13(10-15)4-2-7-16(13)11-3-1-6-14-9-11/h1,3,6,9H,2,4-5,7-8,10H2,(H,17,18). The lowest BCUT2D eigenvalue weighted by Crippen LogP contribution is -2.47. The van der Waals surface area contributed by atoms with Crippen molar-refractivity contribution in [2.45, 2.75) is 24.8 Å². The van der Waals surface area contributed by atoms with Crippen molar-refractivity contribution in [1.82, 2.24) is 9.88 Å². The molecule has 2 aliphatic heterocycles. The van der Waals surface area contributed by atoms with Gasteiger partial charge in [0.2, 0.25) is 0 Å². The first-order valence-corrected chi connectivity index (χ1v) is 6.37. The summed E-state index contributed by atoms with van der Waals surface area (Å²) >= 11 is 0. The van der Waals surface area contributed by atoms with Gasteiger partial charge in [-0.15, -0.1) is 0 Å². The highest BCUT2D eigenvalue weighted by Gasteiger charge is 2.47. The number of pyridine rings is 1. The second-order valence-electron chi connectivity index (χ2n) is 5.14. The Morgan fingerprint density at radius 2 is 2.28 bits per heavy atom. The number of carboxylic acid groups (broad SMARTS) is 1. The van der Waals surface area contributed by atoms with Crippen LogP contribution < -0.4 is 4.90 Å². The molecule has 0 radical (unpaired) electrons. The maximum atomic E-state index is 11.1. The quantitative estimate of drug-likeness (QED) is 0.822. The molecule has 1 N–H and O–H groups in total. The Morgan fingerprint density at radius 1 is 1.39 bits per heavy atom. The van der Waals surface area contributed by atoms with Crippen molar-refractivity contribution < 1.29 is 9.90 Å². The van der Waals surface area contributed by atoms with Crippen LogP contribution in [0.15, 0.2) is 24.5 Å². The number of nitrogens with zero attached hydrogens (tertiary/aromatic N) is 3. The van der Waals surface area contributed by atoms with E-state index in [-0.39, 0.29) is 5.54 Å². The van der Waals surface area contributed by atoms with Crippen LogP contribution in [-0.4, -0.2) is 46.3 Å². The van der Waals surface area contributed by atoms with Gasteiger partial charge in [-0.05, 0) is 31.4 Å². The van der Waals surface area contributed by atoms with Gasteiger partial charge in [0, 0.05) is 25.8 Å². The molecule has 3 rings (SSSR count). The van der Waals surface area contributed by atoms with Crippen LogP contribution in [0.5, 0.6) is 0 Å². The van der Waals surface area contributed by atoms with Gasteiger partial charge in [0.05, 0.1) is 17.4 Å². The molecule has 1 amide bonds. The topological polar surface area (TPSA) is 56.7 Å². The van der Waals surface area contributed by atoms with Gasteiger partial charge in [0.1, 0.15) is 0 Å². The zero-order valence-corrected chi connectivity index (χ0v) is 10.2. The van der Waals surface area contributed by atoms with Crippen LogP contribution >= 0.6 is 0 Å². The summed E-state index contributed by atoms with van der Waals surface area (Å²) in [4.78, 5) is 19.1. The van der Waals surface area contributed by atoms with Gasteiger partial charge < -0.3 is 14.9 Å². The van der Waals surface area contributed by atoms with Gasteiger partial charge in [0.25, 0.3) is 0 Å². The number of carbonyl (C=O) groups is 1. The first-order valence-electron chi connectivity index (χ1n) is 6.37. The second kappa shape index (κ2) is 4.15. The number of amides is 1. The van der Waals surface area contributed by atoms with Crippen LogP contribution in [0, 0.1) is 0 Å².